The molecule has 1 N–H and O–H groups in total. The molecule has 4 rings (SSSR count). The van der Waals surface area contributed by atoms with E-state index in [1.165, 1.54) is 18.2 Å². The van der Waals surface area contributed by atoms with Crippen LogP contribution in [0.25, 0.3) is 0 Å². The fraction of sp³-hybridized carbons (Fsp3) is 0.278. The second kappa shape index (κ2) is 6.86. The largest absolute Gasteiger partial charge is 0.454 e. The Bertz CT molecular complexity index is 893. The van der Waals surface area contributed by atoms with Gasteiger partial charge in [0, 0.05) is 11.6 Å². The summed E-state index contributed by atoms with van der Waals surface area (Å²) >= 11 is 0. The number of amides is 1. The number of carbonyl (C=O) groups excluding carboxylic acids is 1. The van der Waals surface area contributed by atoms with Gasteiger partial charge >= 0.3 is 0 Å². The van der Waals surface area contributed by atoms with E-state index in [4.69, 9.17) is 18.9 Å². The lowest BCUT2D eigenvalue weighted by Crippen LogP contribution is -2.41. The average molecular weight is 372 g/mol. The maximum Gasteiger partial charge on any atom is 0.282 e. The Labute approximate surface area is 153 Å². The predicted molar refractivity (Wildman–Crippen MR) is 91.6 cm³/mol. The first-order chi connectivity index (χ1) is 13.1. The van der Waals surface area contributed by atoms with Crippen molar-refractivity contribution in [1.82, 2.24) is 5.32 Å². The molecular formula is C18H16N2O7. The number of hydrogen-bond donors (Lipinski definition) is 1. The molecule has 9 nitrogen and oxygen atoms in total. The summed E-state index contributed by atoms with van der Waals surface area (Å²) in [5.41, 5.74) is 0.369. The topological polar surface area (TPSA) is 109 Å². The van der Waals surface area contributed by atoms with Gasteiger partial charge in [-0.2, -0.15) is 0 Å². The number of para-hydroxylation sites is 1. The van der Waals surface area contributed by atoms with Crippen LogP contribution in [-0.2, 0) is 15.3 Å². The van der Waals surface area contributed by atoms with Crippen LogP contribution in [0.15, 0.2) is 42.5 Å². The molecule has 2 aliphatic heterocycles. The highest BCUT2D eigenvalue weighted by molar-refractivity contribution is 5.98. The van der Waals surface area contributed by atoms with Crippen LogP contribution in [-0.4, -0.2) is 37.4 Å². The summed E-state index contributed by atoms with van der Waals surface area (Å²) in [6, 6.07) is 11.0. The van der Waals surface area contributed by atoms with Gasteiger partial charge in [0.05, 0.1) is 24.7 Å². The first kappa shape index (κ1) is 17.3. The van der Waals surface area contributed by atoms with E-state index < -0.39 is 16.6 Å². The minimum absolute atomic E-state index is 0.0163. The molecule has 0 bridgehead atoms. The first-order valence-corrected chi connectivity index (χ1v) is 8.29. The molecule has 0 atom stereocenters. The third kappa shape index (κ3) is 3.18. The molecule has 0 aromatic heterocycles. The molecule has 140 valence electrons. The van der Waals surface area contributed by atoms with Crippen molar-refractivity contribution in [2.75, 3.05) is 26.6 Å². The van der Waals surface area contributed by atoms with E-state index in [0.29, 0.717) is 30.3 Å². The highest BCUT2D eigenvalue weighted by Crippen LogP contribution is 2.39. The van der Waals surface area contributed by atoms with Crippen molar-refractivity contribution in [2.24, 2.45) is 0 Å². The number of carbonyl (C=O) groups is 1. The minimum Gasteiger partial charge on any atom is -0.454 e. The average Bonchev–Trinajstić information content (AvgIpc) is 3.35. The second-order valence-corrected chi connectivity index (χ2v) is 5.97. The van der Waals surface area contributed by atoms with E-state index in [2.05, 4.69) is 5.32 Å². The smallest absolute Gasteiger partial charge is 0.282 e. The summed E-state index contributed by atoms with van der Waals surface area (Å²) in [5, 5.41) is 13.8. The van der Waals surface area contributed by atoms with Gasteiger partial charge < -0.3 is 24.3 Å². The van der Waals surface area contributed by atoms with Crippen molar-refractivity contribution in [3.63, 3.8) is 0 Å². The van der Waals surface area contributed by atoms with Crippen LogP contribution in [0.2, 0.25) is 0 Å². The fourth-order valence-corrected chi connectivity index (χ4v) is 3.08. The number of nitrogens with zero attached hydrogens (tertiary/aromatic N) is 1. The number of benzene rings is 2. The number of nitro groups is 1. The fourth-order valence-electron chi connectivity index (χ4n) is 3.08. The SMILES string of the molecule is O=C(NCC1(c2ccc3c(c2)OCO3)OCCO1)c1ccccc1[N+](=O)[O-]. The van der Waals surface area contributed by atoms with Crippen LogP contribution in [0.4, 0.5) is 5.69 Å². The molecule has 0 saturated carbocycles. The van der Waals surface area contributed by atoms with Crippen molar-refractivity contribution < 1.29 is 28.7 Å². The highest BCUT2D eigenvalue weighted by atomic mass is 16.7. The molecule has 1 fully saturated rings. The first-order valence-electron chi connectivity index (χ1n) is 8.29. The summed E-state index contributed by atoms with van der Waals surface area (Å²) in [7, 11) is 0. The molecule has 1 saturated heterocycles. The van der Waals surface area contributed by atoms with Crippen molar-refractivity contribution >= 4 is 11.6 Å². The number of nitro benzene ring substituents is 1. The summed E-state index contributed by atoms with van der Waals surface area (Å²) in [6.45, 7) is 0.838. The lowest BCUT2D eigenvalue weighted by atomic mass is 10.0. The normalized spacial score (nSPS) is 16.9. The molecule has 0 aliphatic carbocycles. The van der Waals surface area contributed by atoms with E-state index >= 15 is 0 Å². The predicted octanol–water partition coefficient (Wildman–Crippen LogP) is 1.95. The zero-order valence-corrected chi connectivity index (χ0v) is 14.2. The number of fused-ring (bicyclic) bond motifs is 1. The van der Waals surface area contributed by atoms with Gasteiger partial charge in [0.25, 0.3) is 11.6 Å². The molecule has 27 heavy (non-hydrogen) atoms. The summed E-state index contributed by atoms with van der Waals surface area (Å²) in [5.74, 6) is -0.589. The lowest BCUT2D eigenvalue weighted by Gasteiger charge is -2.28. The Morgan fingerprint density at radius 1 is 1.11 bits per heavy atom. The quantitative estimate of drug-likeness (QED) is 0.631. The van der Waals surface area contributed by atoms with E-state index in [9.17, 15) is 14.9 Å². The van der Waals surface area contributed by atoms with Crippen molar-refractivity contribution in [3.8, 4) is 11.5 Å². The van der Waals surface area contributed by atoms with E-state index in [1.54, 1.807) is 24.3 Å². The Balaban J connectivity index is 1.56. The summed E-state index contributed by atoms with van der Waals surface area (Å²) in [4.78, 5) is 23.1. The molecule has 0 radical (unpaired) electrons. The molecule has 0 unspecified atom stereocenters. The van der Waals surface area contributed by atoms with Crippen molar-refractivity contribution in [3.05, 3.63) is 63.7 Å². The van der Waals surface area contributed by atoms with Crippen LogP contribution in [0.1, 0.15) is 15.9 Å². The third-order valence-corrected chi connectivity index (χ3v) is 4.39. The molecule has 9 heteroatoms. The standard InChI is InChI=1S/C18H16N2O7/c21-17(13-3-1-2-4-14(13)20(22)23)19-10-18(26-7-8-27-18)12-5-6-15-16(9-12)25-11-24-15/h1-6,9H,7-8,10-11H2,(H,19,21). The maximum atomic E-state index is 12.5. The van der Waals surface area contributed by atoms with E-state index in [0.717, 1.165) is 0 Å². The molecule has 2 aromatic carbocycles. The van der Waals surface area contributed by atoms with Crippen LogP contribution >= 0.6 is 0 Å². The number of hydrogen-bond acceptors (Lipinski definition) is 7. The molecular weight excluding hydrogens is 356 g/mol. The monoisotopic (exact) mass is 372 g/mol. The molecule has 0 spiro atoms. The Morgan fingerprint density at radius 3 is 2.63 bits per heavy atom. The summed E-state index contributed by atoms with van der Waals surface area (Å²) < 4.78 is 22.3. The van der Waals surface area contributed by atoms with E-state index in [1.807, 2.05) is 0 Å². The van der Waals surface area contributed by atoms with Gasteiger partial charge in [-0.1, -0.05) is 12.1 Å². The molecule has 2 aromatic rings. The zero-order valence-electron chi connectivity index (χ0n) is 14.2. The van der Waals surface area contributed by atoms with Gasteiger partial charge in [-0.15, -0.1) is 0 Å². The van der Waals surface area contributed by atoms with Gasteiger partial charge in [0.1, 0.15) is 5.56 Å². The van der Waals surface area contributed by atoms with Gasteiger partial charge in [-0.25, -0.2) is 0 Å². The highest BCUT2D eigenvalue weighted by Gasteiger charge is 2.40. The third-order valence-electron chi connectivity index (χ3n) is 4.39. The van der Waals surface area contributed by atoms with Crippen molar-refractivity contribution in [1.29, 1.82) is 0 Å². The Kier molecular flexibility index (Phi) is 4.38. The lowest BCUT2D eigenvalue weighted by molar-refractivity contribution is -0.385. The molecule has 2 heterocycles. The molecule has 2 aliphatic rings. The van der Waals surface area contributed by atoms with Crippen LogP contribution in [0.5, 0.6) is 11.5 Å². The Hall–Kier alpha value is -3.17. The van der Waals surface area contributed by atoms with E-state index in [-0.39, 0.29) is 24.6 Å². The van der Waals surface area contributed by atoms with Gasteiger partial charge in [-0.05, 0) is 24.3 Å². The van der Waals surface area contributed by atoms with Gasteiger partial charge in [0.15, 0.2) is 11.5 Å². The number of ether oxygens (including phenoxy) is 4. The van der Waals surface area contributed by atoms with Gasteiger partial charge in [-0.3, -0.25) is 14.9 Å². The van der Waals surface area contributed by atoms with Gasteiger partial charge in [0.2, 0.25) is 12.6 Å². The summed E-state index contributed by atoms with van der Waals surface area (Å²) in [6.07, 6.45) is 0. The minimum atomic E-state index is -1.19. The van der Waals surface area contributed by atoms with Crippen LogP contribution < -0.4 is 14.8 Å². The van der Waals surface area contributed by atoms with Crippen LogP contribution in [0.3, 0.4) is 0 Å². The number of rotatable bonds is 5. The zero-order chi connectivity index (χ0) is 18.9. The van der Waals surface area contributed by atoms with Crippen LogP contribution in [0, 0.1) is 10.1 Å². The number of nitrogens with one attached hydrogen (secondary N) is 1. The van der Waals surface area contributed by atoms with Crippen molar-refractivity contribution in [2.45, 2.75) is 5.79 Å². The Morgan fingerprint density at radius 2 is 1.85 bits per heavy atom. The molecule has 1 amide bonds. The second-order valence-electron chi connectivity index (χ2n) is 5.97. The maximum absolute atomic E-state index is 12.5.